The van der Waals surface area contributed by atoms with E-state index in [4.69, 9.17) is 9.26 Å². The number of esters is 1. The zero-order valence-corrected chi connectivity index (χ0v) is 16.8. The standard InChI is InChI=1S/C21H22N4O5/c1-12-11-18(30-24-12)23-20(27)13(2)29-19(26)10-9-17-22-16-6-4-3-5-15(16)21(28)25(17)14-7-8-14/h3-6,11,13-14H,7-10H2,1-2H3,(H,23,27). The smallest absolute Gasteiger partial charge is 0.307 e. The van der Waals surface area contributed by atoms with Crippen LogP contribution in [0.25, 0.3) is 10.9 Å². The highest BCUT2D eigenvalue weighted by Gasteiger charge is 2.28. The first-order chi connectivity index (χ1) is 14.4. The second-order valence-electron chi connectivity index (χ2n) is 7.41. The lowest BCUT2D eigenvalue weighted by molar-refractivity contribution is -0.153. The highest BCUT2D eigenvalue weighted by Crippen LogP contribution is 2.34. The molecule has 30 heavy (non-hydrogen) atoms. The second kappa shape index (κ2) is 8.10. The van der Waals surface area contributed by atoms with E-state index >= 15 is 0 Å². The molecule has 1 aliphatic rings. The van der Waals surface area contributed by atoms with E-state index in [1.165, 1.54) is 6.92 Å². The molecule has 4 rings (SSSR count). The van der Waals surface area contributed by atoms with Crippen molar-refractivity contribution in [2.45, 2.75) is 51.7 Å². The van der Waals surface area contributed by atoms with E-state index in [9.17, 15) is 14.4 Å². The van der Waals surface area contributed by atoms with Crippen LogP contribution in [0.2, 0.25) is 0 Å². The molecular weight excluding hydrogens is 388 g/mol. The molecule has 3 aromatic rings. The van der Waals surface area contributed by atoms with Gasteiger partial charge in [0.05, 0.1) is 23.0 Å². The van der Waals surface area contributed by atoms with Crippen molar-refractivity contribution in [2.75, 3.05) is 5.32 Å². The van der Waals surface area contributed by atoms with Crippen LogP contribution in [0.15, 0.2) is 39.6 Å². The van der Waals surface area contributed by atoms with E-state index < -0.39 is 18.0 Å². The molecule has 1 atom stereocenters. The summed E-state index contributed by atoms with van der Waals surface area (Å²) < 4.78 is 11.8. The maximum Gasteiger partial charge on any atom is 0.307 e. The summed E-state index contributed by atoms with van der Waals surface area (Å²) in [4.78, 5) is 41.9. The number of benzene rings is 1. The first-order valence-electron chi connectivity index (χ1n) is 9.86. The van der Waals surface area contributed by atoms with Crippen LogP contribution in [-0.2, 0) is 20.7 Å². The van der Waals surface area contributed by atoms with Crippen molar-refractivity contribution >= 4 is 28.7 Å². The van der Waals surface area contributed by atoms with E-state index in [0.717, 1.165) is 12.8 Å². The topological polar surface area (TPSA) is 116 Å². The minimum absolute atomic E-state index is 0.0105. The Morgan fingerprint density at radius 1 is 1.33 bits per heavy atom. The Hall–Kier alpha value is -3.49. The number of aryl methyl sites for hydroxylation is 2. The van der Waals surface area contributed by atoms with Gasteiger partial charge in [-0.15, -0.1) is 0 Å². The van der Waals surface area contributed by atoms with E-state index in [0.29, 0.717) is 22.4 Å². The third kappa shape index (κ3) is 4.24. The van der Waals surface area contributed by atoms with E-state index in [1.807, 2.05) is 12.1 Å². The molecule has 0 radical (unpaired) electrons. The number of nitrogens with zero attached hydrogens (tertiary/aromatic N) is 3. The first-order valence-corrected chi connectivity index (χ1v) is 9.86. The second-order valence-corrected chi connectivity index (χ2v) is 7.41. The number of aromatic nitrogens is 3. The van der Waals surface area contributed by atoms with Crippen LogP contribution in [-0.4, -0.2) is 32.7 Å². The molecular formula is C21H22N4O5. The lowest BCUT2D eigenvalue weighted by Gasteiger charge is -2.14. The van der Waals surface area contributed by atoms with Gasteiger partial charge in [0.15, 0.2) is 6.10 Å². The molecule has 2 aromatic heterocycles. The molecule has 0 spiro atoms. The van der Waals surface area contributed by atoms with Gasteiger partial charge >= 0.3 is 5.97 Å². The monoisotopic (exact) mass is 410 g/mol. The normalized spacial score (nSPS) is 14.5. The fourth-order valence-electron chi connectivity index (χ4n) is 3.25. The van der Waals surface area contributed by atoms with Crippen molar-refractivity contribution in [1.82, 2.24) is 14.7 Å². The average molecular weight is 410 g/mol. The Balaban J connectivity index is 1.41. The van der Waals surface area contributed by atoms with Gasteiger partial charge in [0.25, 0.3) is 11.5 Å². The molecule has 1 aromatic carbocycles. The largest absolute Gasteiger partial charge is 0.453 e. The Bertz CT molecular complexity index is 1160. The minimum Gasteiger partial charge on any atom is -0.453 e. The zero-order valence-electron chi connectivity index (χ0n) is 16.8. The van der Waals surface area contributed by atoms with Crippen molar-refractivity contribution in [1.29, 1.82) is 0 Å². The van der Waals surface area contributed by atoms with Crippen LogP contribution < -0.4 is 10.9 Å². The van der Waals surface area contributed by atoms with Crippen molar-refractivity contribution in [2.24, 2.45) is 0 Å². The molecule has 0 aliphatic heterocycles. The van der Waals surface area contributed by atoms with Crippen molar-refractivity contribution in [3.63, 3.8) is 0 Å². The Morgan fingerprint density at radius 2 is 2.10 bits per heavy atom. The Morgan fingerprint density at radius 3 is 2.80 bits per heavy atom. The third-order valence-corrected chi connectivity index (χ3v) is 4.90. The summed E-state index contributed by atoms with van der Waals surface area (Å²) in [6.45, 7) is 3.20. The fourth-order valence-corrected chi connectivity index (χ4v) is 3.25. The summed E-state index contributed by atoms with van der Waals surface area (Å²) >= 11 is 0. The van der Waals surface area contributed by atoms with Gasteiger partial charge in [-0.05, 0) is 38.8 Å². The van der Waals surface area contributed by atoms with Crippen LogP contribution in [0.5, 0.6) is 0 Å². The lowest BCUT2D eigenvalue weighted by atomic mass is 10.2. The average Bonchev–Trinajstić information content (AvgIpc) is 3.47. The van der Waals surface area contributed by atoms with Crippen LogP contribution in [0, 0.1) is 6.92 Å². The first kappa shape index (κ1) is 19.8. The van der Waals surface area contributed by atoms with Crippen molar-refractivity contribution in [3.8, 4) is 0 Å². The molecule has 0 saturated heterocycles. The van der Waals surface area contributed by atoms with Crippen LogP contribution in [0.1, 0.15) is 43.7 Å². The number of carbonyl (C=O) groups excluding carboxylic acids is 2. The molecule has 0 bridgehead atoms. The van der Waals surface area contributed by atoms with Gasteiger partial charge in [-0.1, -0.05) is 17.3 Å². The molecule has 9 nitrogen and oxygen atoms in total. The number of rotatable bonds is 7. The molecule has 9 heteroatoms. The zero-order chi connectivity index (χ0) is 21.3. The number of hydrogen-bond donors (Lipinski definition) is 1. The Kier molecular flexibility index (Phi) is 5.35. The van der Waals surface area contributed by atoms with E-state index in [2.05, 4.69) is 15.5 Å². The number of nitrogens with one attached hydrogen (secondary N) is 1. The van der Waals surface area contributed by atoms with Crippen molar-refractivity contribution < 1.29 is 18.8 Å². The van der Waals surface area contributed by atoms with Crippen LogP contribution >= 0.6 is 0 Å². The number of ether oxygens (including phenoxy) is 1. The van der Waals surface area contributed by atoms with Crippen molar-refractivity contribution in [3.05, 3.63) is 52.2 Å². The number of para-hydroxylation sites is 1. The summed E-state index contributed by atoms with van der Waals surface area (Å²) in [6.07, 6.45) is 1.12. The predicted molar refractivity (Wildman–Crippen MR) is 108 cm³/mol. The van der Waals surface area contributed by atoms with E-state index in [-0.39, 0.29) is 30.3 Å². The summed E-state index contributed by atoms with van der Waals surface area (Å²) in [7, 11) is 0. The number of fused-ring (bicyclic) bond motifs is 1. The highest BCUT2D eigenvalue weighted by atomic mass is 16.5. The van der Waals surface area contributed by atoms with Crippen LogP contribution in [0.3, 0.4) is 0 Å². The number of hydrogen-bond acceptors (Lipinski definition) is 7. The van der Waals surface area contributed by atoms with Gasteiger partial charge in [0.1, 0.15) is 5.82 Å². The van der Waals surface area contributed by atoms with Gasteiger partial charge in [-0.2, -0.15) is 0 Å². The fraction of sp³-hybridized carbons (Fsp3) is 0.381. The number of anilines is 1. The summed E-state index contributed by atoms with van der Waals surface area (Å²) in [5.41, 5.74) is 1.15. The van der Waals surface area contributed by atoms with Gasteiger partial charge in [0.2, 0.25) is 5.88 Å². The van der Waals surface area contributed by atoms with Gasteiger partial charge in [0, 0.05) is 18.5 Å². The van der Waals surface area contributed by atoms with Gasteiger partial charge < -0.3 is 9.26 Å². The summed E-state index contributed by atoms with van der Waals surface area (Å²) in [6, 6.07) is 8.88. The SMILES string of the molecule is Cc1cc(NC(=O)C(C)OC(=O)CCc2nc3ccccc3c(=O)n2C2CC2)on1. The maximum absolute atomic E-state index is 12.9. The number of amides is 1. The molecule has 1 fully saturated rings. The molecule has 1 N–H and O–H groups in total. The molecule has 1 saturated carbocycles. The number of carbonyl (C=O) groups is 2. The molecule has 1 unspecified atom stereocenters. The minimum atomic E-state index is -1.00. The molecule has 2 heterocycles. The summed E-state index contributed by atoms with van der Waals surface area (Å²) in [5.74, 6) is -0.309. The van der Waals surface area contributed by atoms with Crippen LogP contribution in [0.4, 0.5) is 5.88 Å². The molecule has 1 amide bonds. The lowest BCUT2D eigenvalue weighted by Crippen LogP contribution is -2.30. The molecule has 156 valence electrons. The Labute approximate surface area is 172 Å². The maximum atomic E-state index is 12.9. The quantitative estimate of drug-likeness (QED) is 0.595. The van der Waals surface area contributed by atoms with Gasteiger partial charge in [-0.25, -0.2) is 4.98 Å². The third-order valence-electron chi connectivity index (χ3n) is 4.90. The molecule has 1 aliphatic carbocycles. The van der Waals surface area contributed by atoms with Gasteiger partial charge in [-0.3, -0.25) is 24.3 Å². The highest BCUT2D eigenvalue weighted by molar-refractivity contribution is 5.94. The van der Waals surface area contributed by atoms with E-state index in [1.54, 1.807) is 29.7 Å². The predicted octanol–water partition coefficient (Wildman–Crippen LogP) is 2.53. The summed E-state index contributed by atoms with van der Waals surface area (Å²) in [5, 5.41) is 6.75.